The number of nitrogens with one attached hydrogen (secondary N) is 2. The quantitative estimate of drug-likeness (QED) is 0.678. The summed E-state index contributed by atoms with van der Waals surface area (Å²) < 4.78 is 24.5. The van der Waals surface area contributed by atoms with Crippen molar-refractivity contribution in [3.05, 3.63) is 54.1 Å². The maximum absolute atomic E-state index is 12.2. The van der Waals surface area contributed by atoms with Gasteiger partial charge in [-0.3, -0.25) is 10.1 Å². The Morgan fingerprint density at radius 1 is 0.958 bits per heavy atom. The number of anilines is 2. The Kier molecular flexibility index (Phi) is 6.14. The highest BCUT2D eigenvalue weighted by atomic mass is 32.2. The number of thioether (sulfide) groups is 1. The molecule has 0 saturated heterocycles. The lowest BCUT2D eigenvalue weighted by atomic mass is 10.1. The molecule has 2 aromatic rings. The minimum atomic E-state index is -2.48. The van der Waals surface area contributed by atoms with E-state index in [0.717, 1.165) is 0 Å². The van der Waals surface area contributed by atoms with Gasteiger partial charge in [0.1, 0.15) is 0 Å². The highest BCUT2D eigenvalue weighted by Gasteiger charge is 2.07. The molecule has 0 atom stereocenters. The average molecular weight is 352 g/mol. The number of hydrogen-bond acceptors (Lipinski definition) is 3. The summed E-state index contributed by atoms with van der Waals surface area (Å²) in [5.41, 5.74) is 1.65. The van der Waals surface area contributed by atoms with Crippen LogP contribution >= 0.6 is 11.8 Å². The normalized spacial score (nSPS) is 10.5. The molecule has 5 nitrogen and oxygen atoms in total. The third kappa shape index (κ3) is 5.88. The van der Waals surface area contributed by atoms with E-state index in [9.17, 15) is 18.4 Å². The van der Waals surface area contributed by atoms with E-state index < -0.39 is 11.9 Å². The first-order chi connectivity index (χ1) is 11.4. The minimum Gasteiger partial charge on any atom is -0.465 e. The lowest BCUT2D eigenvalue weighted by Gasteiger charge is -2.07. The summed E-state index contributed by atoms with van der Waals surface area (Å²) in [6.45, 7) is 0. The molecule has 2 rings (SSSR count). The molecule has 0 heterocycles. The van der Waals surface area contributed by atoms with Crippen molar-refractivity contribution in [2.75, 3.05) is 10.6 Å². The third-order valence-electron chi connectivity index (χ3n) is 2.93. The SMILES string of the molecule is O=C(O)Nc1ccc(CC(=O)Nc2ccc(SC(F)F)cc2)cc1. The Labute approximate surface area is 141 Å². The van der Waals surface area contributed by atoms with Crippen molar-refractivity contribution < 1.29 is 23.5 Å². The van der Waals surface area contributed by atoms with Gasteiger partial charge in [-0.05, 0) is 42.0 Å². The maximum atomic E-state index is 12.2. The third-order valence-corrected chi connectivity index (χ3v) is 3.66. The van der Waals surface area contributed by atoms with Gasteiger partial charge in [-0.15, -0.1) is 0 Å². The van der Waals surface area contributed by atoms with Crippen molar-refractivity contribution in [3.8, 4) is 0 Å². The summed E-state index contributed by atoms with van der Waals surface area (Å²) in [7, 11) is 0. The first-order valence-corrected chi connectivity index (χ1v) is 7.74. The second-order valence-corrected chi connectivity index (χ2v) is 5.82. The average Bonchev–Trinajstić information content (AvgIpc) is 2.50. The van der Waals surface area contributed by atoms with E-state index in [2.05, 4.69) is 10.6 Å². The Morgan fingerprint density at radius 2 is 1.50 bits per heavy atom. The zero-order chi connectivity index (χ0) is 17.5. The summed E-state index contributed by atoms with van der Waals surface area (Å²) in [5.74, 6) is -2.74. The van der Waals surface area contributed by atoms with Crippen LogP contribution in [0.3, 0.4) is 0 Å². The van der Waals surface area contributed by atoms with Gasteiger partial charge in [0.2, 0.25) is 5.91 Å². The molecule has 2 aromatic carbocycles. The maximum Gasteiger partial charge on any atom is 0.409 e. The van der Waals surface area contributed by atoms with Gasteiger partial charge in [-0.2, -0.15) is 8.78 Å². The summed E-state index contributed by atoms with van der Waals surface area (Å²) in [6.07, 6.45) is -1.05. The number of amides is 2. The van der Waals surface area contributed by atoms with Gasteiger partial charge in [0.05, 0.1) is 6.42 Å². The molecule has 2 amide bonds. The molecule has 0 radical (unpaired) electrons. The van der Waals surface area contributed by atoms with Gasteiger partial charge in [0.15, 0.2) is 0 Å². The molecule has 0 aliphatic heterocycles. The number of halogens is 2. The fourth-order valence-electron chi connectivity index (χ4n) is 1.94. The van der Waals surface area contributed by atoms with Crippen molar-refractivity contribution in [2.45, 2.75) is 17.1 Å². The van der Waals surface area contributed by atoms with Crippen LogP contribution in [0.5, 0.6) is 0 Å². The highest BCUT2D eigenvalue weighted by Crippen LogP contribution is 2.26. The van der Waals surface area contributed by atoms with Crippen LogP contribution in [-0.2, 0) is 11.2 Å². The topological polar surface area (TPSA) is 78.4 Å². The molecule has 0 bridgehead atoms. The largest absolute Gasteiger partial charge is 0.465 e. The van der Waals surface area contributed by atoms with E-state index >= 15 is 0 Å². The molecule has 24 heavy (non-hydrogen) atoms. The second kappa shape index (κ2) is 8.30. The van der Waals surface area contributed by atoms with Crippen LogP contribution in [0.4, 0.5) is 25.0 Å². The summed E-state index contributed by atoms with van der Waals surface area (Å²) in [5, 5.41) is 13.5. The van der Waals surface area contributed by atoms with Gasteiger partial charge in [0, 0.05) is 16.3 Å². The lowest BCUT2D eigenvalue weighted by Crippen LogP contribution is -2.14. The Bertz CT molecular complexity index is 706. The summed E-state index contributed by atoms with van der Waals surface area (Å²) >= 11 is 0.440. The molecule has 8 heteroatoms. The first kappa shape index (κ1) is 17.7. The molecule has 0 spiro atoms. The Hall–Kier alpha value is -2.61. The zero-order valence-electron chi connectivity index (χ0n) is 12.3. The second-order valence-electron chi connectivity index (χ2n) is 4.75. The molecule has 0 aliphatic rings. The zero-order valence-corrected chi connectivity index (χ0v) is 13.1. The predicted octanol–water partition coefficient (Wildman–Crippen LogP) is 4.27. The monoisotopic (exact) mass is 352 g/mol. The van der Waals surface area contributed by atoms with E-state index in [4.69, 9.17) is 5.11 Å². The van der Waals surface area contributed by atoms with Crippen molar-refractivity contribution in [1.29, 1.82) is 0 Å². The fourth-order valence-corrected chi connectivity index (χ4v) is 2.44. The van der Waals surface area contributed by atoms with Crippen molar-refractivity contribution in [1.82, 2.24) is 0 Å². The van der Waals surface area contributed by atoms with E-state index in [-0.39, 0.29) is 12.3 Å². The van der Waals surface area contributed by atoms with Gasteiger partial charge < -0.3 is 10.4 Å². The molecule has 0 unspecified atom stereocenters. The summed E-state index contributed by atoms with van der Waals surface area (Å²) in [6, 6.07) is 12.6. The number of rotatable bonds is 6. The molecule has 126 valence electrons. The molecule has 0 aromatic heterocycles. The lowest BCUT2D eigenvalue weighted by molar-refractivity contribution is -0.115. The number of carbonyl (C=O) groups excluding carboxylic acids is 1. The molecule has 0 fully saturated rings. The van der Waals surface area contributed by atoms with Crippen LogP contribution in [0, 0.1) is 0 Å². The number of hydrogen-bond donors (Lipinski definition) is 3. The van der Waals surface area contributed by atoms with E-state index in [1.54, 1.807) is 36.4 Å². The number of alkyl halides is 2. The first-order valence-electron chi connectivity index (χ1n) is 6.86. The standard InChI is InChI=1S/C16H14F2N2O3S/c17-15(18)24-13-7-5-11(6-8-13)19-14(21)9-10-1-3-12(4-2-10)20-16(22)23/h1-8,15,20H,9H2,(H,19,21)(H,22,23). The molecular weight excluding hydrogens is 338 g/mol. The smallest absolute Gasteiger partial charge is 0.409 e. The number of carbonyl (C=O) groups is 2. The number of benzene rings is 2. The molecule has 0 saturated carbocycles. The predicted molar refractivity (Wildman–Crippen MR) is 88.7 cm³/mol. The van der Waals surface area contributed by atoms with Gasteiger partial charge in [-0.25, -0.2) is 4.79 Å². The van der Waals surface area contributed by atoms with Crippen molar-refractivity contribution in [2.24, 2.45) is 0 Å². The van der Waals surface area contributed by atoms with E-state index in [1.165, 1.54) is 12.1 Å². The number of carboxylic acid groups (broad SMARTS) is 1. The Balaban J connectivity index is 1.89. The van der Waals surface area contributed by atoms with Crippen LogP contribution in [-0.4, -0.2) is 22.9 Å². The molecular formula is C16H14F2N2O3S. The van der Waals surface area contributed by atoms with Crippen LogP contribution in [0.15, 0.2) is 53.4 Å². The van der Waals surface area contributed by atoms with Gasteiger partial charge in [-0.1, -0.05) is 23.9 Å². The van der Waals surface area contributed by atoms with Crippen LogP contribution < -0.4 is 10.6 Å². The highest BCUT2D eigenvalue weighted by molar-refractivity contribution is 7.99. The van der Waals surface area contributed by atoms with Gasteiger partial charge in [0.25, 0.3) is 5.76 Å². The molecule has 0 aliphatic carbocycles. The van der Waals surface area contributed by atoms with Gasteiger partial charge >= 0.3 is 6.09 Å². The van der Waals surface area contributed by atoms with Crippen LogP contribution in [0.25, 0.3) is 0 Å². The van der Waals surface area contributed by atoms with E-state index in [1.807, 2.05) is 0 Å². The van der Waals surface area contributed by atoms with Crippen molar-refractivity contribution >= 4 is 35.1 Å². The van der Waals surface area contributed by atoms with E-state index in [0.29, 0.717) is 33.6 Å². The minimum absolute atomic E-state index is 0.112. The Morgan fingerprint density at radius 3 is 2.04 bits per heavy atom. The fraction of sp³-hybridized carbons (Fsp3) is 0.125. The van der Waals surface area contributed by atoms with Crippen LogP contribution in [0.1, 0.15) is 5.56 Å². The van der Waals surface area contributed by atoms with Crippen LogP contribution in [0.2, 0.25) is 0 Å². The molecule has 3 N–H and O–H groups in total. The summed E-state index contributed by atoms with van der Waals surface area (Å²) in [4.78, 5) is 22.9. The van der Waals surface area contributed by atoms with Crippen molar-refractivity contribution in [3.63, 3.8) is 0 Å².